The minimum absolute atomic E-state index is 0.126. The topological polar surface area (TPSA) is 38.1 Å². The Labute approximate surface area is 120 Å². The second-order valence-corrected chi connectivity index (χ2v) is 5.15. The highest BCUT2D eigenvalue weighted by atomic mass is 16.1. The van der Waals surface area contributed by atoms with E-state index < -0.39 is 0 Å². The number of Topliss-reactive ketones (excluding diaryl/α,β-unsaturated/α-hetero) is 1. The van der Waals surface area contributed by atoms with Crippen molar-refractivity contribution in [2.24, 2.45) is 7.05 Å². The predicted molar refractivity (Wildman–Crippen MR) is 81.4 cm³/mol. The van der Waals surface area contributed by atoms with Crippen molar-refractivity contribution in [3.8, 4) is 0 Å². The first-order valence-corrected chi connectivity index (χ1v) is 6.83. The van der Waals surface area contributed by atoms with Crippen molar-refractivity contribution in [1.82, 2.24) is 9.78 Å². The molecule has 0 bridgehead atoms. The molecule has 4 heteroatoms. The fraction of sp³-hybridized carbons (Fsp3) is 0.375. The molecule has 0 amide bonds. The molecule has 0 aliphatic rings. The van der Waals surface area contributed by atoms with Gasteiger partial charge in [0.2, 0.25) is 0 Å². The molecule has 0 N–H and O–H groups in total. The van der Waals surface area contributed by atoms with Crippen LogP contribution in [0.2, 0.25) is 0 Å². The third-order valence-electron chi connectivity index (χ3n) is 3.44. The molecule has 2 rings (SSSR count). The number of hydrogen-bond donors (Lipinski definition) is 0. The third-order valence-corrected chi connectivity index (χ3v) is 3.44. The van der Waals surface area contributed by atoms with Gasteiger partial charge in [0, 0.05) is 38.1 Å². The van der Waals surface area contributed by atoms with Crippen LogP contribution in [0.15, 0.2) is 30.3 Å². The zero-order valence-corrected chi connectivity index (χ0v) is 12.6. The van der Waals surface area contributed by atoms with Crippen molar-refractivity contribution in [3.63, 3.8) is 0 Å². The second kappa shape index (κ2) is 5.90. The first-order chi connectivity index (χ1) is 9.51. The first kappa shape index (κ1) is 14.3. The number of anilines is 1. The second-order valence-electron chi connectivity index (χ2n) is 5.15. The fourth-order valence-electron chi connectivity index (χ4n) is 2.12. The molecule has 0 aliphatic carbocycles. The molecule has 0 fully saturated rings. The number of benzene rings is 1. The zero-order chi connectivity index (χ0) is 14.7. The largest absolute Gasteiger partial charge is 0.378 e. The molecule has 0 saturated carbocycles. The Hall–Kier alpha value is -2.10. The summed E-state index contributed by atoms with van der Waals surface area (Å²) in [6, 6.07) is 9.71. The molecule has 2 aromatic rings. The maximum Gasteiger partial charge on any atom is 0.168 e. The van der Waals surface area contributed by atoms with E-state index in [4.69, 9.17) is 0 Å². The van der Waals surface area contributed by atoms with E-state index in [1.54, 1.807) is 4.68 Å². The van der Waals surface area contributed by atoms with Gasteiger partial charge in [-0.05, 0) is 36.8 Å². The van der Waals surface area contributed by atoms with E-state index in [1.165, 1.54) is 0 Å². The normalized spacial score (nSPS) is 10.6. The lowest BCUT2D eigenvalue weighted by Crippen LogP contribution is -2.10. The Kier molecular flexibility index (Phi) is 4.23. The summed E-state index contributed by atoms with van der Waals surface area (Å²) in [7, 11) is 5.86. The Morgan fingerprint density at radius 1 is 1.25 bits per heavy atom. The minimum atomic E-state index is 0.126. The van der Waals surface area contributed by atoms with Gasteiger partial charge in [-0.2, -0.15) is 5.10 Å². The van der Waals surface area contributed by atoms with Crippen molar-refractivity contribution < 1.29 is 4.79 Å². The lowest BCUT2D eigenvalue weighted by atomic mass is 10.1. The van der Waals surface area contributed by atoms with E-state index in [1.807, 2.05) is 56.4 Å². The van der Waals surface area contributed by atoms with Gasteiger partial charge in [0.15, 0.2) is 5.78 Å². The maximum atomic E-state index is 12.3. The van der Waals surface area contributed by atoms with Gasteiger partial charge in [0.05, 0.1) is 12.1 Å². The van der Waals surface area contributed by atoms with Gasteiger partial charge in [-0.25, -0.2) is 0 Å². The van der Waals surface area contributed by atoms with Gasteiger partial charge in [-0.3, -0.25) is 9.48 Å². The van der Waals surface area contributed by atoms with E-state index >= 15 is 0 Å². The van der Waals surface area contributed by atoms with Crippen LogP contribution in [0.4, 0.5) is 5.69 Å². The number of aryl methyl sites for hydroxylation is 2. The van der Waals surface area contributed by atoms with Crippen LogP contribution in [-0.2, 0) is 19.9 Å². The molecule has 106 valence electrons. The third kappa shape index (κ3) is 3.07. The van der Waals surface area contributed by atoms with Crippen molar-refractivity contribution in [3.05, 3.63) is 47.3 Å². The summed E-state index contributed by atoms with van der Waals surface area (Å²) in [6.07, 6.45) is 1.28. The van der Waals surface area contributed by atoms with Gasteiger partial charge < -0.3 is 4.90 Å². The minimum Gasteiger partial charge on any atom is -0.378 e. The molecule has 20 heavy (non-hydrogen) atoms. The average Bonchev–Trinajstić information content (AvgIpc) is 2.79. The van der Waals surface area contributed by atoms with Crippen LogP contribution in [0.3, 0.4) is 0 Å². The molecule has 1 aromatic heterocycles. The van der Waals surface area contributed by atoms with Crippen LogP contribution < -0.4 is 4.90 Å². The molecule has 0 atom stereocenters. The number of ketones is 1. The Morgan fingerprint density at radius 3 is 2.40 bits per heavy atom. The monoisotopic (exact) mass is 271 g/mol. The highest BCUT2D eigenvalue weighted by Crippen LogP contribution is 2.14. The van der Waals surface area contributed by atoms with Gasteiger partial charge in [0.25, 0.3) is 0 Å². The smallest absolute Gasteiger partial charge is 0.168 e. The number of hydrogen-bond acceptors (Lipinski definition) is 3. The molecular weight excluding hydrogens is 250 g/mol. The molecule has 0 unspecified atom stereocenters. The Morgan fingerprint density at radius 2 is 1.90 bits per heavy atom. The van der Waals surface area contributed by atoms with Crippen molar-refractivity contribution >= 4 is 11.5 Å². The summed E-state index contributed by atoms with van der Waals surface area (Å²) < 4.78 is 1.80. The summed E-state index contributed by atoms with van der Waals surface area (Å²) in [4.78, 5) is 14.3. The van der Waals surface area contributed by atoms with Crippen LogP contribution in [0.1, 0.15) is 28.7 Å². The SMILES string of the molecule is CCc1cc(CC(=O)c2ccc(N(C)C)cc2)n(C)n1. The Balaban J connectivity index is 2.13. The number of rotatable bonds is 5. The van der Waals surface area contributed by atoms with E-state index in [9.17, 15) is 4.79 Å². The van der Waals surface area contributed by atoms with Crippen LogP contribution in [0, 0.1) is 0 Å². The standard InChI is InChI=1S/C16H21N3O/c1-5-13-10-15(19(4)17-13)11-16(20)12-6-8-14(9-7-12)18(2)3/h6-10H,5,11H2,1-4H3. The molecular formula is C16H21N3O. The first-order valence-electron chi connectivity index (χ1n) is 6.83. The van der Waals surface area contributed by atoms with E-state index in [0.717, 1.165) is 29.1 Å². The van der Waals surface area contributed by atoms with Crippen molar-refractivity contribution in [1.29, 1.82) is 0 Å². The van der Waals surface area contributed by atoms with Crippen molar-refractivity contribution in [2.75, 3.05) is 19.0 Å². The lowest BCUT2D eigenvalue weighted by molar-refractivity contribution is 0.0991. The number of carbonyl (C=O) groups is 1. The van der Waals surface area contributed by atoms with Crippen LogP contribution >= 0.6 is 0 Å². The molecule has 1 aromatic carbocycles. The zero-order valence-electron chi connectivity index (χ0n) is 12.6. The molecule has 0 aliphatic heterocycles. The fourth-order valence-corrected chi connectivity index (χ4v) is 2.12. The molecule has 0 spiro atoms. The summed E-state index contributed by atoms with van der Waals surface area (Å²) in [5.41, 5.74) is 3.83. The number of carbonyl (C=O) groups excluding carboxylic acids is 1. The van der Waals surface area contributed by atoms with E-state index in [-0.39, 0.29) is 5.78 Å². The highest BCUT2D eigenvalue weighted by Gasteiger charge is 2.11. The predicted octanol–water partition coefficient (Wildman–Crippen LogP) is 2.47. The van der Waals surface area contributed by atoms with Gasteiger partial charge >= 0.3 is 0 Å². The van der Waals surface area contributed by atoms with Gasteiger partial charge in [0.1, 0.15) is 0 Å². The maximum absolute atomic E-state index is 12.3. The number of nitrogens with zero attached hydrogens (tertiary/aromatic N) is 3. The summed E-state index contributed by atoms with van der Waals surface area (Å²) in [6.45, 7) is 2.06. The molecule has 4 nitrogen and oxygen atoms in total. The summed E-state index contributed by atoms with van der Waals surface area (Å²) in [5, 5.41) is 4.37. The Bertz CT molecular complexity index is 597. The van der Waals surface area contributed by atoms with Gasteiger partial charge in [-0.15, -0.1) is 0 Å². The molecule has 0 saturated heterocycles. The molecule has 1 heterocycles. The lowest BCUT2D eigenvalue weighted by Gasteiger charge is -2.12. The van der Waals surface area contributed by atoms with E-state index in [2.05, 4.69) is 12.0 Å². The van der Waals surface area contributed by atoms with E-state index in [0.29, 0.717) is 6.42 Å². The van der Waals surface area contributed by atoms with Crippen LogP contribution in [0.25, 0.3) is 0 Å². The van der Waals surface area contributed by atoms with Crippen LogP contribution in [-0.4, -0.2) is 29.7 Å². The average molecular weight is 271 g/mol. The molecule has 0 radical (unpaired) electrons. The van der Waals surface area contributed by atoms with Crippen LogP contribution in [0.5, 0.6) is 0 Å². The van der Waals surface area contributed by atoms with Gasteiger partial charge in [-0.1, -0.05) is 6.92 Å². The quantitative estimate of drug-likeness (QED) is 0.784. The summed E-state index contributed by atoms with van der Waals surface area (Å²) >= 11 is 0. The summed E-state index contributed by atoms with van der Waals surface area (Å²) in [5.74, 6) is 0.126. The van der Waals surface area contributed by atoms with Crippen molar-refractivity contribution in [2.45, 2.75) is 19.8 Å². The number of aromatic nitrogens is 2. The highest BCUT2D eigenvalue weighted by molar-refractivity contribution is 5.97.